The van der Waals surface area contributed by atoms with Gasteiger partial charge in [-0.2, -0.15) is 4.31 Å². The molecule has 3 rings (SSSR count). The Balaban J connectivity index is 1.54. The van der Waals surface area contributed by atoms with Crippen molar-refractivity contribution in [2.45, 2.75) is 12.3 Å². The number of carboxylic acids is 1. The highest BCUT2D eigenvalue weighted by Gasteiger charge is 2.27. The van der Waals surface area contributed by atoms with Crippen LogP contribution in [0.5, 0.6) is 0 Å². The standard InChI is InChI=1S/C19H22N2O4S/c22-19(23)18-8-6-16(7-9-18)14-20-10-12-21(13-11-20)26(24,25)15-17-4-2-1-3-5-17/h1-9H,10-15H2,(H,22,23). The summed E-state index contributed by atoms with van der Waals surface area (Å²) < 4.78 is 26.7. The van der Waals surface area contributed by atoms with Gasteiger partial charge in [-0.05, 0) is 23.3 Å². The lowest BCUT2D eigenvalue weighted by Crippen LogP contribution is -2.48. The first-order chi connectivity index (χ1) is 12.4. The molecule has 0 spiro atoms. The number of benzene rings is 2. The summed E-state index contributed by atoms with van der Waals surface area (Å²) in [5, 5.41) is 8.94. The summed E-state index contributed by atoms with van der Waals surface area (Å²) in [4.78, 5) is 13.1. The van der Waals surface area contributed by atoms with Gasteiger partial charge in [-0.3, -0.25) is 4.90 Å². The summed E-state index contributed by atoms with van der Waals surface area (Å²) in [7, 11) is -3.31. The second-order valence-electron chi connectivity index (χ2n) is 6.42. The molecule has 26 heavy (non-hydrogen) atoms. The molecule has 0 atom stereocenters. The minimum absolute atomic E-state index is 0.0322. The summed E-state index contributed by atoms with van der Waals surface area (Å²) in [5.74, 6) is -0.904. The van der Waals surface area contributed by atoms with Gasteiger partial charge in [0.05, 0.1) is 11.3 Å². The van der Waals surface area contributed by atoms with E-state index in [2.05, 4.69) is 4.90 Å². The van der Waals surface area contributed by atoms with Gasteiger partial charge < -0.3 is 5.11 Å². The first-order valence-corrected chi connectivity index (χ1v) is 10.1. The highest BCUT2D eigenvalue weighted by molar-refractivity contribution is 7.88. The Morgan fingerprint density at radius 1 is 0.885 bits per heavy atom. The Bertz CT molecular complexity index is 843. The van der Waals surface area contributed by atoms with Crippen molar-refractivity contribution in [1.29, 1.82) is 0 Å². The number of carbonyl (C=O) groups is 1. The minimum Gasteiger partial charge on any atom is -0.478 e. The molecular weight excluding hydrogens is 352 g/mol. The van der Waals surface area contributed by atoms with Crippen LogP contribution in [0.15, 0.2) is 54.6 Å². The third-order valence-electron chi connectivity index (χ3n) is 4.52. The lowest BCUT2D eigenvalue weighted by Gasteiger charge is -2.34. The van der Waals surface area contributed by atoms with Crippen molar-refractivity contribution in [1.82, 2.24) is 9.21 Å². The first kappa shape index (κ1) is 18.6. The number of hydrogen-bond acceptors (Lipinski definition) is 4. The smallest absolute Gasteiger partial charge is 0.335 e. The van der Waals surface area contributed by atoms with Crippen LogP contribution in [0.2, 0.25) is 0 Å². The zero-order valence-corrected chi connectivity index (χ0v) is 15.2. The second-order valence-corrected chi connectivity index (χ2v) is 8.39. The monoisotopic (exact) mass is 374 g/mol. The lowest BCUT2D eigenvalue weighted by molar-refractivity contribution is 0.0697. The van der Waals surface area contributed by atoms with Crippen molar-refractivity contribution in [2.75, 3.05) is 26.2 Å². The topological polar surface area (TPSA) is 77.9 Å². The third-order valence-corrected chi connectivity index (χ3v) is 6.37. The van der Waals surface area contributed by atoms with E-state index in [1.165, 1.54) is 0 Å². The summed E-state index contributed by atoms with van der Waals surface area (Å²) in [6, 6.07) is 16.0. The molecule has 138 valence electrons. The molecule has 7 heteroatoms. The van der Waals surface area contributed by atoms with E-state index in [1.54, 1.807) is 16.4 Å². The maximum absolute atomic E-state index is 12.6. The molecule has 1 N–H and O–H groups in total. The van der Waals surface area contributed by atoms with Crippen molar-refractivity contribution in [2.24, 2.45) is 0 Å². The third kappa shape index (κ3) is 4.69. The molecule has 0 aliphatic carbocycles. The molecule has 6 nitrogen and oxygen atoms in total. The van der Waals surface area contributed by atoms with Gasteiger partial charge in [0.15, 0.2) is 0 Å². The summed E-state index contributed by atoms with van der Waals surface area (Å²) in [6.45, 7) is 2.96. The van der Waals surface area contributed by atoms with Crippen LogP contribution in [0.4, 0.5) is 0 Å². The van der Waals surface area contributed by atoms with Crippen LogP contribution >= 0.6 is 0 Å². The normalized spacial score (nSPS) is 16.5. The molecule has 1 aliphatic rings. The molecule has 2 aromatic rings. The van der Waals surface area contributed by atoms with Gasteiger partial charge in [0.1, 0.15) is 0 Å². The number of nitrogens with zero attached hydrogens (tertiary/aromatic N) is 2. The highest BCUT2D eigenvalue weighted by Crippen LogP contribution is 2.15. The molecule has 0 bridgehead atoms. The van der Waals surface area contributed by atoms with Crippen molar-refractivity contribution in [3.8, 4) is 0 Å². The van der Waals surface area contributed by atoms with E-state index in [1.807, 2.05) is 42.5 Å². The van der Waals surface area contributed by atoms with E-state index in [4.69, 9.17) is 5.11 Å². The number of sulfonamides is 1. The first-order valence-electron chi connectivity index (χ1n) is 8.50. The summed E-state index contributed by atoms with van der Waals surface area (Å²) in [5.41, 5.74) is 2.09. The van der Waals surface area contributed by atoms with E-state index in [0.717, 1.165) is 11.1 Å². The van der Waals surface area contributed by atoms with E-state index in [0.29, 0.717) is 32.7 Å². The molecule has 0 unspecified atom stereocenters. The molecule has 1 aliphatic heterocycles. The number of rotatable bonds is 6. The Labute approximate surface area is 153 Å². The summed E-state index contributed by atoms with van der Waals surface area (Å²) >= 11 is 0. The molecule has 0 saturated carbocycles. The fraction of sp³-hybridized carbons (Fsp3) is 0.316. The maximum atomic E-state index is 12.6. The molecule has 0 amide bonds. The zero-order valence-electron chi connectivity index (χ0n) is 14.4. The van der Waals surface area contributed by atoms with Crippen LogP contribution < -0.4 is 0 Å². The zero-order chi connectivity index (χ0) is 18.6. The van der Waals surface area contributed by atoms with E-state index in [9.17, 15) is 13.2 Å². The van der Waals surface area contributed by atoms with E-state index >= 15 is 0 Å². The number of aromatic carboxylic acids is 1. The Hall–Kier alpha value is -2.22. The van der Waals surface area contributed by atoms with E-state index < -0.39 is 16.0 Å². The largest absolute Gasteiger partial charge is 0.478 e. The van der Waals surface area contributed by atoms with Gasteiger partial charge in [0, 0.05) is 32.7 Å². The number of piperazine rings is 1. The van der Waals surface area contributed by atoms with Crippen LogP contribution in [-0.2, 0) is 22.3 Å². The van der Waals surface area contributed by atoms with Crippen LogP contribution in [0, 0.1) is 0 Å². The molecule has 0 radical (unpaired) electrons. The number of carboxylic acid groups (broad SMARTS) is 1. The predicted molar refractivity (Wildman–Crippen MR) is 99.3 cm³/mol. The molecule has 1 fully saturated rings. The fourth-order valence-electron chi connectivity index (χ4n) is 3.05. The summed E-state index contributed by atoms with van der Waals surface area (Å²) in [6.07, 6.45) is 0. The van der Waals surface area contributed by atoms with E-state index in [-0.39, 0.29) is 11.3 Å². The Morgan fingerprint density at radius 3 is 2.08 bits per heavy atom. The van der Waals surface area contributed by atoms with Gasteiger partial charge >= 0.3 is 5.97 Å². The van der Waals surface area contributed by atoms with Crippen molar-refractivity contribution < 1.29 is 18.3 Å². The highest BCUT2D eigenvalue weighted by atomic mass is 32.2. The maximum Gasteiger partial charge on any atom is 0.335 e. The number of hydrogen-bond donors (Lipinski definition) is 1. The SMILES string of the molecule is O=C(O)c1ccc(CN2CCN(S(=O)(=O)Cc3ccccc3)CC2)cc1. The van der Waals surface area contributed by atoms with Crippen LogP contribution in [0.1, 0.15) is 21.5 Å². The van der Waals surface area contributed by atoms with Crippen molar-refractivity contribution in [3.63, 3.8) is 0 Å². The fourth-order valence-corrected chi connectivity index (χ4v) is 4.57. The van der Waals surface area contributed by atoms with Crippen LogP contribution in [0.3, 0.4) is 0 Å². The van der Waals surface area contributed by atoms with Gasteiger partial charge in [-0.15, -0.1) is 0 Å². The molecule has 1 heterocycles. The molecular formula is C19H22N2O4S. The quantitative estimate of drug-likeness (QED) is 0.837. The molecule has 0 aromatic heterocycles. The minimum atomic E-state index is -3.31. The van der Waals surface area contributed by atoms with Crippen LogP contribution in [0.25, 0.3) is 0 Å². The van der Waals surface area contributed by atoms with Crippen molar-refractivity contribution in [3.05, 3.63) is 71.3 Å². The van der Waals surface area contributed by atoms with Crippen molar-refractivity contribution >= 4 is 16.0 Å². The van der Waals surface area contributed by atoms with Gasteiger partial charge in [0.25, 0.3) is 0 Å². The van der Waals surface area contributed by atoms with Crippen LogP contribution in [-0.4, -0.2) is 54.9 Å². The molecule has 1 saturated heterocycles. The van der Waals surface area contributed by atoms with Gasteiger partial charge in [0.2, 0.25) is 10.0 Å². The average molecular weight is 374 g/mol. The lowest BCUT2D eigenvalue weighted by atomic mass is 10.1. The predicted octanol–water partition coefficient (Wildman–Crippen LogP) is 2.03. The Morgan fingerprint density at radius 2 is 1.50 bits per heavy atom. The van der Waals surface area contributed by atoms with Gasteiger partial charge in [-0.25, -0.2) is 13.2 Å². The second kappa shape index (κ2) is 7.99. The van der Waals surface area contributed by atoms with Gasteiger partial charge in [-0.1, -0.05) is 42.5 Å². The Kier molecular flexibility index (Phi) is 5.70. The average Bonchev–Trinajstić information content (AvgIpc) is 2.63. The molecule has 2 aromatic carbocycles.